The Kier molecular flexibility index (Phi) is 3.16. The maximum atomic E-state index is 4.78. The fraction of sp³-hybridized carbons (Fsp3) is 0.700. The Morgan fingerprint density at radius 2 is 2.36 bits per heavy atom. The largest absolute Gasteiger partial charge is 0.305 e. The lowest BCUT2D eigenvalue weighted by Crippen LogP contribution is -2.12. The summed E-state index contributed by atoms with van der Waals surface area (Å²) in [5.41, 5.74) is 3.83. The van der Waals surface area contributed by atoms with E-state index in [2.05, 4.69) is 21.5 Å². The summed E-state index contributed by atoms with van der Waals surface area (Å²) in [7, 11) is 1.62. The van der Waals surface area contributed by atoms with Crippen LogP contribution in [0.5, 0.6) is 0 Å². The van der Waals surface area contributed by atoms with Gasteiger partial charge in [-0.1, -0.05) is 12.8 Å². The molecule has 0 atom stereocenters. The summed E-state index contributed by atoms with van der Waals surface area (Å²) in [6, 6.07) is 2.68. The van der Waals surface area contributed by atoms with Crippen LogP contribution >= 0.6 is 0 Å². The van der Waals surface area contributed by atoms with E-state index < -0.39 is 0 Å². The van der Waals surface area contributed by atoms with Crippen LogP contribution in [0.1, 0.15) is 37.4 Å². The van der Waals surface area contributed by atoms with E-state index in [9.17, 15) is 0 Å². The van der Waals surface area contributed by atoms with Crippen LogP contribution in [0.2, 0.25) is 0 Å². The Bertz CT molecular complexity index is 279. The summed E-state index contributed by atoms with van der Waals surface area (Å²) in [4.78, 5) is 4.78. The summed E-state index contributed by atoms with van der Waals surface area (Å²) in [5.74, 6) is 0. The van der Waals surface area contributed by atoms with Crippen LogP contribution < -0.4 is 5.48 Å². The van der Waals surface area contributed by atoms with Crippen molar-refractivity contribution in [3.63, 3.8) is 0 Å². The fourth-order valence-electron chi connectivity index (χ4n) is 1.99. The molecule has 14 heavy (non-hydrogen) atoms. The van der Waals surface area contributed by atoms with Crippen LogP contribution in [-0.2, 0) is 11.4 Å². The Morgan fingerprint density at radius 1 is 1.57 bits per heavy atom. The predicted molar refractivity (Wildman–Crippen MR) is 53.6 cm³/mol. The highest BCUT2D eigenvalue weighted by Gasteiger charge is 2.17. The second kappa shape index (κ2) is 4.57. The Labute approximate surface area is 84.2 Å². The van der Waals surface area contributed by atoms with Crippen molar-refractivity contribution >= 4 is 0 Å². The van der Waals surface area contributed by atoms with E-state index in [1.807, 2.05) is 6.07 Å². The molecule has 1 aromatic rings. The first kappa shape index (κ1) is 9.68. The summed E-state index contributed by atoms with van der Waals surface area (Å²) in [5, 5.41) is 4.50. The number of nitrogens with one attached hydrogen (secondary N) is 1. The van der Waals surface area contributed by atoms with Crippen LogP contribution in [0.4, 0.5) is 0 Å². The van der Waals surface area contributed by atoms with Crippen LogP contribution in [0.3, 0.4) is 0 Å². The van der Waals surface area contributed by atoms with Gasteiger partial charge in [-0.15, -0.1) is 0 Å². The zero-order valence-corrected chi connectivity index (χ0v) is 8.57. The SMILES string of the molecule is CONCc1ccn(C2CCCC2)n1. The molecular weight excluding hydrogens is 178 g/mol. The molecule has 0 bridgehead atoms. The number of aromatic nitrogens is 2. The molecule has 4 heteroatoms. The molecule has 0 aromatic carbocycles. The topological polar surface area (TPSA) is 39.1 Å². The highest BCUT2D eigenvalue weighted by Crippen LogP contribution is 2.28. The predicted octanol–water partition coefficient (Wildman–Crippen LogP) is 1.65. The second-order valence-electron chi connectivity index (χ2n) is 3.75. The Morgan fingerprint density at radius 3 is 3.07 bits per heavy atom. The summed E-state index contributed by atoms with van der Waals surface area (Å²) in [6.45, 7) is 0.677. The first-order chi connectivity index (χ1) is 6.90. The lowest BCUT2D eigenvalue weighted by molar-refractivity contribution is 0.0856. The van der Waals surface area contributed by atoms with Gasteiger partial charge in [-0.2, -0.15) is 10.6 Å². The molecule has 1 saturated carbocycles. The smallest absolute Gasteiger partial charge is 0.0786 e. The third-order valence-corrected chi connectivity index (χ3v) is 2.76. The Hall–Kier alpha value is -0.870. The van der Waals surface area contributed by atoms with E-state index >= 15 is 0 Å². The molecule has 0 amide bonds. The van der Waals surface area contributed by atoms with Gasteiger partial charge in [-0.05, 0) is 18.9 Å². The molecule has 1 aromatic heterocycles. The van der Waals surface area contributed by atoms with Gasteiger partial charge in [-0.25, -0.2) is 0 Å². The monoisotopic (exact) mass is 195 g/mol. The minimum absolute atomic E-state index is 0.631. The van der Waals surface area contributed by atoms with E-state index in [1.165, 1.54) is 25.7 Å². The van der Waals surface area contributed by atoms with Gasteiger partial charge >= 0.3 is 0 Å². The van der Waals surface area contributed by atoms with Gasteiger partial charge in [0, 0.05) is 6.20 Å². The van der Waals surface area contributed by atoms with Crippen molar-refractivity contribution in [2.24, 2.45) is 0 Å². The first-order valence-corrected chi connectivity index (χ1v) is 5.20. The Balaban J connectivity index is 1.94. The molecule has 0 radical (unpaired) electrons. The minimum atomic E-state index is 0.631. The summed E-state index contributed by atoms with van der Waals surface area (Å²) < 4.78 is 2.10. The number of hydroxylamine groups is 1. The lowest BCUT2D eigenvalue weighted by atomic mass is 10.3. The standard InChI is InChI=1S/C10H17N3O/c1-14-11-8-9-6-7-13(12-9)10-4-2-3-5-10/h6-7,10-11H,2-5,8H2,1H3. The van der Waals surface area contributed by atoms with Crippen molar-refractivity contribution in [2.75, 3.05) is 7.11 Å². The van der Waals surface area contributed by atoms with Gasteiger partial charge in [0.1, 0.15) is 0 Å². The molecule has 78 valence electrons. The summed E-state index contributed by atoms with van der Waals surface area (Å²) >= 11 is 0. The van der Waals surface area contributed by atoms with E-state index in [-0.39, 0.29) is 0 Å². The maximum Gasteiger partial charge on any atom is 0.0786 e. The molecule has 0 saturated heterocycles. The molecule has 2 rings (SSSR count). The maximum absolute atomic E-state index is 4.78. The zero-order chi connectivity index (χ0) is 9.80. The van der Waals surface area contributed by atoms with Crippen LogP contribution in [0.25, 0.3) is 0 Å². The molecule has 1 N–H and O–H groups in total. The minimum Gasteiger partial charge on any atom is -0.305 e. The van der Waals surface area contributed by atoms with E-state index in [1.54, 1.807) is 7.11 Å². The van der Waals surface area contributed by atoms with Crippen molar-refractivity contribution in [2.45, 2.75) is 38.3 Å². The van der Waals surface area contributed by atoms with Crippen molar-refractivity contribution in [3.05, 3.63) is 18.0 Å². The average Bonchev–Trinajstić information content (AvgIpc) is 2.85. The van der Waals surface area contributed by atoms with Crippen LogP contribution in [0.15, 0.2) is 12.3 Å². The normalized spacial score (nSPS) is 17.8. The highest BCUT2D eigenvalue weighted by atomic mass is 16.6. The molecule has 4 nitrogen and oxygen atoms in total. The molecule has 1 fully saturated rings. The molecule has 1 heterocycles. The van der Waals surface area contributed by atoms with Gasteiger partial charge in [0.25, 0.3) is 0 Å². The van der Waals surface area contributed by atoms with Gasteiger partial charge in [0.2, 0.25) is 0 Å². The fourth-order valence-corrected chi connectivity index (χ4v) is 1.99. The molecule has 1 aliphatic rings. The molecule has 0 spiro atoms. The van der Waals surface area contributed by atoms with Gasteiger partial charge in [0.05, 0.1) is 25.4 Å². The third-order valence-electron chi connectivity index (χ3n) is 2.76. The van der Waals surface area contributed by atoms with Crippen molar-refractivity contribution in [1.29, 1.82) is 0 Å². The van der Waals surface area contributed by atoms with Crippen molar-refractivity contribution in [1.82, 2.24) is 15.3 Å². The molecule has 1 aliphatic carbocycles. The lowest BCUT2D eigenvalue weighted by Gasteiger charge is -2.08. The van der Waals surface area contributed by atoms with Crippen LogP contribution in [-0.4, -0.2) is 16.9 Å². The second-order valence-corrected chi connectivity index (χ2v) is 3.75. The first-order valence-electron chi connectivity index (χ1n) is 5.20. The third kappa shape index (κ3) is 2.13. The quantitative estimate of drug-likeness (QED) is 0.742. The van der Waals surface area contributed by atoms with E-state index in [0.29, 0.717) is 12.6 Å². The molecular formula is C10H17N3O. The average molecular weight is 195 g/mol. The number of rotatable bonds is 4. The number of hydrogen-bond acceptors (Lipinski definition) is 3. The molecule has 0 unspecified atom stereocenters. The summed E-state index contributed by atoms with van der Waals surface area (Å²) in [6.07, 6.45) is 7.31. The van der Waals surface area contributed by atoms with Gasteiger partial charge in [0.15, 0.2) is 0 Å². The number of nitrogens with zero attached hydrogens (tertiary/aromatic N) is 2. The van der Waals surface area contributed by atoms with Gasteiger partial charge < -0.3 is 4.84 Å². The highest BCUT2D eigenvalue weighted by molar-refractivity contribution is 4.99. The van der Waals surface area contributed by atoms with Crippen LogP contribution in [0, 0.1) is 0 Å². The molecule has 0 aliphatic heterocycles. The number of hydrogen-bond donors (Lipinski definition) is 1. The van der Waals surface area contributed by atoms with Crippen molar-refractivity contribution in [3.8, 4) is 0 Å². The van der Waals surface area contributed by atoms with Crippen molar-refractivity contribution < 1.29 is 4.84 Å². The van der Waals surface area contributed by atoms with E-state index in [4.69, 9.17) is 4.84 Å². The van der Waals surface area contributed by atoms with E-state index in [0.717, 1.165) is 5.69 Å². The van der Waals surface area contributed by atoms with Gasteiger partial charge in [-0.3, -0.25) is 4.68 Å². The zero-order valence-electron chi connectivity index (χ0n) is 8.57.